The SMILES string of the molecule is CCCCCCCCCCCCCCCCCCCC(=O)OC[C@H](COP(=O)(O)OC[C@@H](O)COP(=O)(O)OC[C@@H](COC(=O)CCCCCCCCC(C)CC)OC(=O)CCCCCCCCCCCCCC)OC(=O)CCCCCCCCCCCCCCCCCCCCC(C)CC. The second-order valence-electron chi connectivity index (χ2n) is 30.0. The van der Waals surface area contributed by atoms with Crippen LogP contribution in [0, 0.1) is 11.8 Å². The molecule has 0 aromatic heterocycles. The Morgan fingerprint density at radius 3 is 0.703 bits per heavy atom. The van der Waals surface area contributed by atoms with E-state index in [1.54, 1.807) is 0 Å². The van der Waals surface area contributed by atoms with E-state index in [2.05, 4.69) is 41.5 Å². The fraction of sp³-hybridized carbons (Fsp3) is 0.951. The van der Waals surface area contributed by atoms with Crippen LogP contribution in [0.5, 0.6) is 0 Å². The van der Waals surface area contributed by atoms with Crippen molar-refractivity contribution in [2.45, 2.75) is 452 Å². The van der Waals surface area contributed by atoms with Gasteiger partial charge in [-0.3, -0.25) is 37.3 Å². The molecule has 0 bridgehead atoms. The third-order valence-electron chi connectivity index (χ3n) is 19.9. The molecule has 17 nitrogen and oxygen atoms in total. The van der Waals surface area contributed by atoms with Gasteiger partial charge in [-0.15, -0.1) is 0 Å². The van der Waals surface area contributed by atoms with Gasteiger partial charge in [0.1, 0.15) is 19.3 Å². The standard InChI is InChI=1S/C82H160O17P2/c1-7-11-13-15-17-19-21-23-24-27-31-34-38-41-45-52-58-64-79(84)92-70-77(98-82(87)67-61-55-47-43-39-35-32-29-26-25-28-30-33-36-40-44-50-56-62-74(5)9-3)72-96-100(88,89)94-68-76(83)69-95-101(90,91)97-73-78(71-93-80(85)65-59-53-49-48-51-57-63-75(6)10-4)99-81(86)66-60-54-46-42-37-22-20-18-16-14-12-8-2/h74-78,83H,7-73H2,1-6H3,(H,88,89)(H,90,91)/t74?,75?,76-,77-,78-/m1/s1. The quantitative estimate of drug-likeness (QED) is 0.0222. The van der Waals surface area contributed by atoms with Crippen LogP contribution in [-0.2, 0) is 65.4 Å². The summed E-state index contributed by atoms with van der Waals surface area (Å²) in [6, 6.07) is 0. The second kappa shape index (κ2) is 73.6. The lowest BCUT2D eigenvalue weighted by atomic mass is 9.99. The number of carbonyl (C=O) groups is 4. The number of carbonyl (C=O) groups excluding carboxylic acids is 4. The fourth-order valence-electron chi connectivity index (χ4n) is 12.6. The molecule has 0 rings (SSSR count). The van der Waals surface area contributed by atoms with E-state index in [1.165, 1.54) is 244 Å². The van der Waals surface area contributed by atoms with E-state index in [4.69, 9.17) is 37.0 Å². The van der Waals surface area contributed by atoms with E-state index >= 15 is 0 Å². The topological polar surface area (TPSA) is 237 Å². The highest BCUT2D eigenvalue weighted by molar-refractivity contribution is 7.47. The molecule has 19 heteroatoms. The van der Waals surface area contributed by atoms with Crippen molar-refractivity contribution in [1.82, 2.24) is 0 Å². The zero-order chi connectivity index (χ0) is 74.2. The van der Waals surface area contributed by atoms with E-state index in [-0.39, 0.29) is 25.7 Å². The lowest BCUT2D eigenvalue weighted by Crippen LogP contribution is -2.30. The molecule has 0 spiro atoms. The molecule has 0 saturated heterocycles. The Morgan fingerprint density at radius 2 is 0.475 bits per heavy atom. The van der Waals surface area contributed by atoms with Crippen LogP contribution in [0.2, 0.25) is 0 Å². The number of hydrogen-bond acceptors (Lipinski definition) is 15. The normalized spacial score (nSPS) is 14.4. The number of phosphoric ester groups is 2. The number of rotatable bonds is 81. The number of ether oxygens (including phenoxy) is 4. The molecule has 0 amide bonds. The minimum absolute atomic E-state index is 0.107. The Morgan fingerprint density at radius 1 is 0.277 bits per heavy atom. The second-order valence-corrected chi connectivity index (χ2v) is 32.9. The molecule has 0 aliphatic heterocycles. The summed E-state index contributed by atoms with van der Waals surface area (Å²) >= 11 is 0. The molecule has 0 aliphatic rings. The van der Waals surface area contributed by atoms with Gasteiger partial charge in [-0.25, -0.2) is 9.13 Å². The van der Waals surface area contributed by atoms with Gasteiger partial charge in [0.15, 0.2) is 12.2 Å². The number of phosphoric acid groups is 2. The number of unbranched alkanes of at least 4 members (excludes halogenated alkanes) is 49. The molecule has 0 aromatic carbocycles. The monoisotopic (exact) mass is 1480 g/mol. The van der Waals surface area contributed by atoms with Gasteiger partial charge in [-0.1, -0.05) is 382 Å². The predicted molar refractivity (Wildman–Crippen MR) is 414 cm³/mol. The zero-order valence-corrected chi connectivity index (χ0v) is 68.0. The highest BCUT2D eigenvalue weighted by atomic mass is 31.2. The first-order valence-electron chi connectivity index (χ1n) is 42.6. The average molecular weight is 1480 g/mol. The lowest BCUT2D eigenvalue weighted by molar-refractivity contribution is -0.161. The molecular weight excluding hydrogens is 1320 g/mol. The van der Waals surface area contributed by atoms with Crippen LogP contribution in [0.4, 0.5) is 0 Å². The number of aliphatic hydroxyl groups excluding tert-OH is 1. The lowest BCUT2D eigenvalue weighted by Gasteiger charge is -2.21. The molecule has 7 atom stereocenters. The summed E-state index contributed by atoms with van der Waals surface area (Å²) in [5.41, 5.74) is 0. The summed E-state index contributed by atoms with van der Waals surface area (Å²) in [4.78, 5) is 73.0. The van der Waals surface area contributed by atoms with Gasteiger partial charge in [0.2, 0.25) is 0 Å². The number of aliphatic hydroxyl groups is 1. The van der Waals surface area contributed by atoms with Crippen molar-refractivity contribution in [3.8, 4) is 0 Å². The fourth-order valence-corrected chi connectivity index (χ4v) is 14.2. The van der Waals surface area contributed by atoms with E-state index < -0.39 is 97.5 Å². The van der Waals surface area contributed by atoms with E-state index in [0.717, 1.165) is 108 Å². The van der Waals surface area contributed by atoms with Crippen LogP contribution in [0.3, 0.4) is 0 Å². The van der Waals surface area contributed by atoms with Gasteiger partial charge < -0.3 is 33.8 Å². The first-order valence-corrected chi connectivity index (χ1v) is 45.6. The van der Waals surface area contributed by atoms with Crippen LogP contribution in [0.25, 0.3) is 0 Å². The van der Waals surface area contributed by atoms with Crippen LogP contribution >= 0.6 is 15.6 Å². The molecule has 0 heterocycles. The summed E-state index contributed by atoms with van der Waals surface area (Å²) in [6.07, 6.45) is 63.8. The average Bonchev–Trinajstić information content (AvgIpc) is 0.974. The molecule has 101 heavy (non-hydrogen) atoms. The van der Waals surface area contributed by atoms with Crippen molar-refractivity contribution in [1.29, 1.82) is 0 Å². The van der Waals surface area contributed by atoms with Crippen molar-refractivity contribution in [3.05, 3.63) is 0 Å². The Labute approximate surface area is 619 Å². The van der Waals surface area contributed by atoms with Crippen LogP contribution < -0.4 is 0 Å². The highest BCUT2D eigenvalue weighted by Gasteiger charge is 2.30. The molecule has 0 aromatic rings. The van der Waals surface area contributed by atoms with Gasteiger partial charge in [0, 0.05) is 25.7 Å². The molecular formula is C82H160O17P2. The van der Waals surface area contributed by atoms with Crippen LogP contribution in [0.1, 0.15) is 433 Å². The summed E-state index contributed by atoms with van der Waals surface area (Å²) in [5.74, 6) is -0.506. The molecule has 3 N–H and O–H groups in total. The molecule has 0 saturated carbocycles. The van der Waals surface area contributed by atoms with Gasteiger partial charge in [0.05, 0.1) is 26.4 Å². The minimum atomic E-state index is -4.96. The summed E-state index contributed by atoms with van der Waals surface area (Å²) in [7, 11) is -9.92. The number of esters is 4. The smallest absolute Gasteiger partial charge is 0.462 e. The van der Waals surface area contributed by atoms with E-state index in [0.29, 0.717) is 25.7 Å². The van der Waals surface area contributed by atoms with Gasteiger partial charge in [-0.05, 0) is 37.5 Å². The first kappa shape index (κ1) is 99.1. The van der Waals surface area contributed by atoms with E-state index in [9.17, 15) is 43.2 Å². The van der Waals surface area contributed by atoms with Crippen molar-refractivity contribution in [3.63, 3.8) is 0 Å². The first-order chi connectivity index (χ1) is 48.9. The summed E-state index contributed by atoms with van der Waals surface area (Å²) in [6.45, 7) is 9.67. The van der Waals surface area contributed by atoms with Crippen molar-refractivity contribution >= 4 is 39.5 Å². The zero-order valence-electron chi connectivity index (χ0n) is 66.2. The Hall–Kier alpha value is -1.94. The highest BCUT2D eigenvalue weighted by Crippen LogP contribution is 2.45. The minimum Gasteiger partial charge on any atom is -0.462 e. The van der Waals surface area contributed by atoms with Crippen molar-refractivity contribution < 1.29 is 80.2 Å². The third-order valence-corrected chi connectivity index (χ3v) is 21.8. The third kappa shape index (κ3) is 73.4. The maximum absolute atomic E-state index is 13.1. The maximum Gasteiger partial charge on any atom is 0.472 e. The Bertz CT molecular complexity index is 1950. The van der Waals surface area contributed by atoms with E-state index in [1.807, 2.05) is 0 Å². The largest absolute Gasteiger partial charge is 0.472 e. The maximum atomic E-state index is 13.1. The molecule has 0 radical (unpaired) electrons. The molecule has 600 valence electrons. The van der Waals surface area contributed by atoms with Gasteiger partial charge in [0.25, 0.3) is 0 Å². The van der Waals surface area contributed by atoms with Crippen molar-refractivity contribution in [2.24, 2.45) is 11.8 Å². The Balaban J connectivity index is 5.21. The van der Waals surface area contributed by atoms with Gasteiger partial charge >= 0.3 is 39.5 Å². The van der Waals surface area contributed by atoms with Gasteiger partial charge in [-0.2, -0.15) is 0 Å². The molecule has 0 fully saturated rings. The molecule has 4 unspecified atom stereocenters. The van der Waals surface area contributed by atoms with Crippen LogP contribution in [-0.4, -0.2) is 96.7 Å². The summed E-state index contributed by atoms with van der Waals surface area (Å²) in [5, 5.41) is 10.6. The summed E-state index contributed by atoms with van der Waals surface area (Å²) < 4.78 is 68.7. The number of hydrogen-bond donors (Lipinski definition) is 3. The molecule has 0 aliphatic carbocycles. The van der Waals surface area contributed by atoms with Crippen molar-refractivity contribution in [2.75, 3.05) is 39.6 Å². The Kier molecular flexibility index (Phi) is 72.2. The predicted octanol–water partition coefficient (Wildman–Crippen LogP) is 24.7. The van der Waals surface area contributed by atoms with Crippen LogP contribution in [0.15, 0.2) is 0 Å².